The first-order valence-corrected chi connectivity index (χ1v) is 8.95. The van der Waals surface area contributed by atoms with Crippen molar-refractivity contribution in [3.05, 3.63) is 23.8 Å². The first kappa shape index (κ1) is 21.5. The second-order valence-corrected chi connectivity index (χ2v) is 7.39. The molecule has 0 bridgehead atoms. The number of ketones is 1. The molecule has 1 atom stereocenters. The van der Waals surface area contributed by atoms with Crippen molar-refractivity contribution in [2.75, 3.05) is 33.4 Å². The molecule has 1 rings (SSSR count). The highest BCUT2D eigenvalue weighted by atomic mass is 16.5. The van der Waals surface area contributed by atoms with Gasteiger partial charge in [-0.1, -0.05) is 27.7 Å². The number of aliphatic hydroxyl groups excluding tert-OH is 1. The largest absolute Gasteiger partial charge is 0.493 e. The molecular weight excluding hydrogens is 318 g/mol. The van der Waals surface area contributed by atoms with Crippen LogP contribution in [0.1, 0.15) is 45.0 Å². The lowest BCUT2D eigenvalue weighted by Gasteiger charge is -2.28. The molecule has 0 aromatic heterocycles. The van der Waals surface area contributed by atoms with Gasteiger partial charge in [0.2, 0.25) is 0 Å². The van der Waals surface area contributed by atoms with Crippen LogP contribution >= 0.6 is 0 Å². The number of Topliss-reactive ketones (excluding diaryl/α,β-unsaturated/α-hetero) is 1. The van der Waals surface area contributed by atoms with Crippen LogP contribution < -0.4 is 9.47 Å². The van der Waals surface area contributed by atoms with E-state index < -0.39 is 6.10 Å². The zero-order valence-electron chi connectivity index (χ0n) is 16.4. The Morgan fingerprint density at radius 3 is 2.16 bits per heavy atom. The molecule has 0 aliphatic rings. The highest BCUT2D eigenvalue weighted by Gasteiger charge is 2.16. The summed E-state index contributed by atoms with van der Waals surface area (Å²) in [6.07, 6.45) is -0.588. The molecule has 0 saturated carbocycles. The van der Waals surface area contributed by atoms with Crippen molar-refractivity contribution in [2.24, 2.45) is 11.8 Å². The summed E-state index contributed by atoms with van der Waals surface area (Å²) in [7, 11) is 1.54. The highest BCUT2D eigenvalue weighted by Crippen LogP contribution is 2.28. The zero-order chi connectivity index (χ0) is 19.0. The van der Waals surface area contributed by atoms with Crippen molar-refractivity contribution in [3.8, 4) is 11.5 Å². The van der Waals surface area contributed by atoms with Gasteiger partial charge < -0.3 is 19.5 Å². The second kappa shape index (κ2) is 10.4. The van der Waals surface area contributed by atoms with Gasteiger partial charge in [0, 0.05) is 25.2 Å². The third-order valence-electron chi connectivity index (χ3n) is 3.72. The summed E-state index contributed by atoms with van der Waals surface area (Å²) in [6, 6.07) is 5.08. The molecule has 0 aliphatic heterocycles. The monoisotopic (exact) mass is 351 g/mol. The van der Waals surface area contributed by atoms with Crippen molar-refractivity contribution >= 4 is 5.78 Å². The predicted octanol–water partition coefficient (Wildman–Crippen LogP) is 3.25. The molecule has 0 heterocycles. The summed E-state index contributed by atoms with van der Waals surface area (Å²) < 4.78 is 11.0. The third-order valence-corrected chi connectivity index (χ3v) is 3.72. The number of nitrogens with zero attached hydrogens (tertiary/aromatic N) is 1. The van der Waals surface area contributed by atoms with Gasteiger partial charge in [0.1, 0.15) is 12.7 Å². The fraction of sp³-hybridized carbons (Fsp3) is 0.650. The molecule has 0 radical (unpaired) electrons. The van der Waals surface area contributed by atoms with Crippen molar-refractivity contribution in [3.63, 3.8) is 0 Å². The molecule has 0 saturated heterocycles. The average molecular weight is 351 g/mol. The molecule has 5 heteroatoms. The van der Waals surface area contributed by atoms with E-state index in [4.69, 9.17) is 9.47 Å². The van der Waals surface area contributed by atoms with Gasteiger partial charge in [0.15, 0.2) is 17.3 Å². The van der Waals surface area contributed by atoms with Crippen LogP contribution in [0.2, 0.25) is 0 Å². The lowest BCUT2D eigenvalue weighted by molar-refractivity contribution is 0.0592. The molecule has 1 N–H and O–H groups in total. The quantitative estimate of drug-likeness (QED) is 0.620. The van der Waals surface area contributed by atoms with E-state index in [0.29, 0.717) is 35.4 Å². The van der Waals surface area contributed by atoms with Gasteiger partial charge in [0.25, 0.3) is 0 Å². The molecule has 0 spiro atoms. The van der Waals surface area contributed by atoms with Crippen LogP contribution in [0, 0.1) is 11.8 Å². The number of hydrogen-bond donors (Lipinski definition) is 1. The lowest BCUT2D eigenvalue weighted by atomic mass is 10.1. The van der Waals surface area contributed by atoms with Crippen LogP contribution in [0.25, 0.3) is 0 Å². The minimum atomic E-state index is -0.588. The van der Waals surface area contributed by atoms with Crippen molar-refractivity contribution in [1.82, 2.24) is 4.90 Å². The molecule has 1 aromatic rings. The van der Waals surface area contributed by atoms with E-state index in [1.807, 2.05) is 0 Å². The van der Waals surface area contributed by atoms with Crippen LogP contribution in [0.4, 0.5) is 0 Å². The Balaban J connectivity index is 2.65. The molecule has 142 valence electrons. The van der Waals surface area contributed by atoms with E-state index in [0.717, 1.165) is 13.1 Å². The van der Waals surface area contributed by atoms with Crippen molar-refractivity contribution < 1.29 is 19.4 Å². The first-order valence-electron chi connectivity index (χ1n) is 8.95. The molecule has 25 heavy (non-hydrogen) atoms. The highest BCUT2D eigenvalue weighted by molar-refractivity contribution is 5.94. The number of carbonyl (C=O) groups is 1. The first-order chi connectivity index (χ1) is 11.7. The Morgan fingerprint density at radius 1 is 1.08 bits per heavy atom. The van der Waals surface area contributed by atoms with Crippen LogP contribution in [0.5, 0.6) is 11.5 Å². The number of methoxy groups -OCH3 is 1. The molecule has 0 aliphatic carbocycles. The Morgan fingerprint density at radius 2 is 1.68 bits per heavy atom. The predicted molar refractivity (Wildman–Crippen MR) is 101 cm³/mol. The molecule has 0 fully saturated rings. The fourth-order valence-corrected chi connectivity index (χ4v) is 2.80. The maximum Gasteiger partial charge on any atom is 0.161 e. The summed E-state index contributed by atoms with van der Waals surface area (Å²) in [5.41, 5.74) is 0.574. The molecular formula is C20H33NO4. The van der Waals surface area contributed by atoms with Gasteiger partial charge in [-0.05, 0) is 37.0 Å². The van der Waals surface area contributed by atoms with Gasteiger partial charge in [-0.2, -0.15) is 0 Å². The van der Waals surface area contributed by atoms with Crippen LogP contribution in [-0.2, 0) is 0 Å². The van der Waals surface area contributed by atoms with Gasteiger partial charge in [-0.3, -0.25) is 4.79 Å². The fourth-order valence-electron chi connectivity index (χ4n) is 2.80. The summed E-state index contributed by atoms with van der Waals surface area (Å²) >= 11 is 0. The Labute approximate surface area is 151 Å². The molecule has 0 unspecified atom stereocenters. The molecule has 5 nitrogen and oxygen atoms in total. The zero-order valence-corrected chi connectivity index (χ0v) is 16.4. The number of carbonyl (C=O) groups excluding carboxylic acids is 1. The lowest BCUT2D eigenvalue weighted by Crippen LogP contribution is -2.39. The van der Waals surface area contributed by atoms with E-state index in [9.17, 15) is 9.90 Å². The average Bonchev–Trinajstić information content (AvgIpc) is 2.51. The van der Waals surface area contributed by atoms with Crippen molar-refractivity contribution in [2.45, 2.75) is 40.7 Å². The van der Waals surface area contributed by atoms with E-state index in [-0.39, 0.29) is 12.4 Å². The minimum absolute atomic E-state index is 0.0251. The minimum Gasteiger partial charge on any atom is -0.493 e. The Bertz CT molecular complexity index is 532. The smallest absolute Gasteiger partial charge is 0.161 e. The second-order valence-electron chi connectivity index (χ2n) is 7.39. The summed E-state index contributed by atoms with van der Waals surface area (Å²) in [4.78, 5) is 13.7. The van der Waals surface area contributed by atoms with Crippen LogP contribution in [0.15, 0.2) is 18.2 Å². The summed E-state index contributed by atoms with van der Waals surface area (Å²) in [6.45, 7) is 12.9. The standard InChI is InChI=1S/C20H33NO4/c1-14(2)10-21(11-15(3)4)12-18(23)13-25-19-8-7-17(16(5)22)9-20(19)24-6/h7-9,14-15,18,23H,10-13H2,1-6H3/t18-/m1/s1. The SMILES string of the molecule is COc1cc(C(C)=O)ccc1OC[C@H](O)CN(CC(C)C)CC(C)C. The van der Waals surface area contributed by atoms with Crippen LogP contribution in [-0.4, -0.2) is 55.2 Å². The number of hydrogen-bond acceptors (Lipinski definition) is 5. The van der Waals surface area contributed by atoms with Gasteiger partial charge in [-0.15, -0.1) is 0 Å². The Hall–Kier alpha value is -1.59. The summed E-state index contributed by atoms with van der Waals surface area (Å²) in [5, 5.41) is 10.4. The van der Waals surface area contributed by atoms with E-state index in [1.54, 1.807) is 18.2 Å². The van der Waals surface area contributed by atoms with Gasteiger partial charge >= 0.3 is 0 Å². The van der Waals surface area contributed by atoms with E-state index in [1.165, 1.54) is 14.0 Å². The van der Waals surface area contributed by atoms with Gasteiger partial charge in [-0.25, -0.2) is 0 Å². The number of aliphatic hydroxyl groups is 1. The number of benzene rings is 1. The van der Waals surface area contributed by atoms with E-state index in [2.05, 4.69) is 32.6 Å². The van der Waals surface area contributed by atoms with Crippen LogP contribution in [0.3, 0.4) is 0 Å². The molecule has 1 aromatic carbocycles. The van der Waals surface area contributed by atoms with Crippen molar-refractivity contribution in [1.29, 1.82) is 0 Å². The topological polar surface area (TPSA) is 59.0 Å². The normalized spacial score (nSPS) is 12.7. The maximum atomic E-state index is 11.4. The van der Waals surface area contributed by atoms with E-state index >= 15 is 0 Å². The molecule has 0 amide bonds. The third kappa shape index (κ3) is 7.88. The Kier molecular flexibility index (Phi) is 8.93. The number of rotatable bonds is 11. The number of ether oxygens (including phenoxy) is 2. The summed E-state index contributed by atoms with van der Waals surface area (Å²) in [5.74, 6) is 2.10. The maximum absolute atomic E-state index is 11.4. The van der Waals surface area contributed by atoms with Gasteiger partial charge in [0.05, 0.1) is 7.11 Å².